The van der Waals surface area contributed by atoms with Gasteiger partial charge in [0.15, 0.2) is 0 Å². The van der Waals surface area contributed by atoms with Gasteiger partial charge >= 0.3 is 0 Å². The first kappa shape index (κ1) is 15.1. The van der Waals surface area contributed by atoms with Crippen LogP contribution in [0.5, 0.6) is 0 Å². The molecule has 0 fully saturated rings. The fourth-order valence-corrected chi connectivity index (χ4v) is 2.66. The lowest BCUT2D eigenvalue weighted by atomic mass is 10.1. The Bertz CT molecular complexity index is 551. The lowest BCUT2D eigenvalue weighted by Crippen LogP contribution is -2.16. The molecular formula is C17H21BrN2. The van der Waals surface area contributed by atoms with Crippen LogP contribution in [0.1, 0.15) is 30.5 Å². The molecule has 0 heterocycles. The normalized spacial score (nSPS) is 12.2. The van der Waals surface area contributed by atoms with Gasteiger partial charge in [0.2, 0.25) is 0 Å². The van der Waals surface area contributed by atoms with E-state index in [9.17, 15) is 0 Å². The largest absolute Gasteiger partial charge is 0.370 e. The summed E-state index contributed by atoms with van der Waals surface area (Å²) < 4.78 is 1.12. The Labute approximate surface area is 129 Å². The van der Waals surface area contributed by atoms with Crippen LogP contribution in [0.2, 0.25) is 0 Å². The third kappa shape index (κ3) is 3.84. The van der Waals surface area contributed by atoms with Gasteiger partial charge in [-0.2, -0.15) is 0 Å². The van der Waals surface area contributed by atoms with Gasteiger partial charge in [-0.1, -0.05) is 47.1 Å². The van der Waals surface area contributed by atoms with Crippen LogP contribution in [0.3, 0.4) is 0 Å². The molecule has 0 radical (unpaired) electrons. The molecule has 2 rings (SSSR count). The molecule has 0 aliphatic heterocycles. The zero-order chi connectivity index (χ0) is 14.5. The average molecular weight is 333 g/mol. The Kier molecular flexibility index (Phi) is 5.21. The van der Waals surface area contributed by atoms with Crippen LogP contribution in [-0.4, -0.2) is 7.05 Å². The van der Waals surface area contributed by atoms with E-state index < -0.39 is 0 Å². The maximum Gasteiger partial charge on any atom is 0.0426 e. The molecule has 0 spiro atoms. The van der Waals surface area contributed by atoms with Crippen molar-refractivity contribution >= 4 is 21.6 Å². The lowest BCUT2D eigenvalue weighted by molar-refractivity contribution is 0.698. The summed E-state index contributed by atoms with van der Waals surface area (Å²) in [6.45, 7) is 3.00. The van der Waals surface area contributed by atoms with Crippen LogP contribution in [0, 0.1) is 0 Å². The average Bonchev–Trinajstić information content (AvgIpc) is 2.46. The van der Waals surface area contributed by atoms with E-state index in [4.69, 9.17) is 5.73 Å². The number of rotatable bonds is 5. The predicted octanol–water partition coefficient (Wildman–Crippen LogP) is 4.50. The standard InChI is InChI=1S/C17H21BrN2/c1-3-17(19)14-7-9-16(10-8-14)20(2)12-13-5-4-6-15(18)11-13/h4-11,17H,3,12,19H2,1-2H3/t17-/m0/s1. The third-order valence-corrected chi connectivity index (χ3v) is 4.00. The quantitative estimate of drug-likeness (QED) is 0.873. The van der Waals surface area contributed by atoms with Crippen molar-refractivity contribution in [2.24, 2.45) is 5.73 Å². The Morgan fingerprint density at radius 1 is 1.15 bits per heavy atom. The molecule has 0 aromatic heterocycles. The summed E-state index contributed by atoms with van der Waals surface area (Å²) in [5.41, 5.74) is 9.74. The summed E-state index contributed by atoms with van der Waals surface area (Å²) in [5.74, 6) is 0. The van der Waals surface area contributed by atoms with Crippen molar-refractivity contribution in [3.63, 3.8) is 0 Å². The number of hydrogen-bond acceptors (Lipinski definition) is 2. The van der Waals surface area contributed by atoms with E-state index in [1.165, 1.54) is 16.8 Å². The van der Waals surface area contributed by atoms with Crippen molar-refractivity contribution in [1.29, 1.82) is 0 Å². The van der Waals surface area contributed by atoms with E-state index in [1.807, 2.05) is 6.07 Å². The molecule has 0 saturated heterocycles. The molecule has 2 N–H and O–H groups in total. The Balaban J connectivity index is 2.07. The summed E-state index contributed by atoms with van der Waals surface area (Å²) in [5, 5.41) is 0. The van der Waals surface area contributed by atoms with E-state index in [2.05, 4.69) is 77.3 Å². The zero-order valence-electron chi connectivity index (χ0n) is 12.0. The molecule has 0 amide bonds. The Morgan fingerprint density at radius 3 is 2.45 bits per heavy atom. The summed E-state index contributed by atoms with van der Waals surface area (Å²) in [6, 6.07) is 17.1. The molecule has 0 aliphatic rings. The highest BCUT2D eigenvalue weighted by atomic mass is 79.9. The lowest BCUT2D eigenvalue weighted by Gasteiger charge is -2.20. The minimum Gasteiger partial charge on any atom is -0.370 e. The highest BCUT2D eigenvalue weighted by Crippen LogP contribution is 2.21. The molecule has 2 nitrogen and oxygen atoms in total. The molecule has 3 heteroatoms. The minimum atomic E-state index is 0.138. The summed E-state index contributed by atoms with van der Waals surface area (Å²) in [7, 11) is 2.11. The summed E-state index contributed by atoms with van der Waals surface area (Å²) >= 11 is 3.51. The molecular weight excluding hydrogens is 312 g/mol. The molecule has 2 aromatic rings. The monoisotopic (exact) mass is 332 g/mol. The SMILES string of the molecule is CC[C@H](N)c1ccc(N(C)Cc2cccc(Br)c2)cc1. The number of hydrogen-bond donors (Lipinski definition) is 1. The molecule has 0 bridgehead atoms. The van der Waals surface area contributed by atoms with Gasteiger partial charge in [-0.15, -0.1) is 0 Å². The van der Waals surface area contributed by atoms with Crippen LogP contribution >= 0.6 is 15.9 Å². The van der Waals surface area contributed by atoms with Crippen LogP contribution in [0.4, 0.5) is 5.69 Å². The first-order chi connectivity index (χ1) is 9.60. The van der Waals surface area contributed by atoms with E-state index >= 15 is 0 Å². The zero-order valence-corrected chi connectivity index (χ0v) is 13.6. The van der Waals surface area contributed by atoms with Gasteiger partial charge in [-0.25, -0.2) is 0 Å². The maximum absolute atomic E-state index is 6.04. The third-order valence-electron chi connectivity index (χ3n) is 3.51. The van der Waals surface area contributed by atoms with Crippen LogP contribution in [0.15, 0.2) is 53.0 Å². The smallest absolute Gasteiger partial charge is 0.0426 e. The van der Waals surface area contributed by atoms with E-state index in [-0.39, 0.29) is 6.04 Å². The fourth-order valence-electron chi connectivity index (χ4n) is 2.21. The number of nitrogens with zero attached hydrogens (tertiary/aromatic N) is 1. The second-order valence-corrected chi connectivity index (χ2v) is 6.01. The molecule has 0 saturated carbocycles. The number of halogens is 1. The van der Waals surface area contributed by atoms with Gasteiger partial charge in [0.05, 0.1) is 0 Å². The number of nitrogens with two attached hydrogens (primary N) is 1. The Morgan fingerprint density at radius 2 is 1.85 bits per heavy atom. The summed E-state index contributed by atoms with van der Waals surface area (Å²) in [4.78, 5) is 2.24. The first-order valence-electron chi connectivity index (χ1n) is 6.91. The van der Waals surface area contributed by atoms with Crippen molar-refractivity contribution in [2.45, 2.75) is 25.9 Å². The number of anilines is 1. The molecule has 106 valence electrons. The van der Waals surface area contributed by atoms with Crippen LogP contribution in [-0.2, 0) is 6.54 Å². The van der Waals surface area contributed by atoms with Gasteiger partial charge < -0.3 is 10.6 Å². The molecule has 0 aliphatic carbocycles. The first-order valence-corrected chi connectivity index (χ1v) is 7.70. The van der Waals surface area contributed by atoms with Gasteiger partial charge in [0.1, 0.15) is 0 Å². The van der Waals surface area contributed by atoms with Gasteiger partial charge in [0.25, 0.3) is 0 Å². The number of benzene rings is 2. The molecule has 1 atom stereocenters. The van der Waals surface area contributed by atoms with Gasteiger partial charge in [-0.05, 0) is 41.8 Å². The highest BCUT2D eigenvalue weighted by Gasteiger charge is 2.06. The van der Waals surface area contributed by atoms with E-state index in [0.717, 1.165) is 17.4 Å². The molecule has 0 unspecified atom stereocenters. The van der Waals surface area contributed by atoms with Crippen molar-refractivity contribution in [3.05, 3.63) is 64.1 Å². The second kappa shape index (κ2) is 6.91. The topological polar surface area (TPSA) is 29.3 Å². The molecule has 2 aromatic carbocycles. The Hall–Kier alpha value is -1.32. The maximum atomic E-state index is 6.04. The van der Waals surface area contributed by atoms with E-state index in [1.54, 1.807) is 0 Å². The van der Waals surface area contributed by atoms with Crippen LogP contribution in [0.25, 0.3) is 0 Å². The molecule has 20 heavy (non-hydrogen) atoms. The van der Waals surface area contributed by atoms with Crippen molar-refractivity contribution < 1.29 is 0 Å². The van der Waals surface area contributed by atoms with E-state index in [0.29, 0.717) is 0 Å². The van der Waals surface area contributed by atoms with Crippen molar-refractivity contribution in [1.82, 2.24) is 0 Å². The predicted molar refractivity (Wildman–Crippen MR) is 89.9 cm³/mol. The second-order valence-electron chi connectivity index (χ2n) is 5.09. The van der Waals surface area contributed by atoms with Gasteiger partial charge in [0, 0.05) is 29.8 Å². The van der Waals surface area contributed by atoms with Crippen molar-refractivity contribution in [2.75, 3.05) is 11.9 Å². The van der Waals surface area contributed by atoms with Crippen molar-refractivity contribution in [3.8, 4) is 0 Å². The highest BCUT2D eigenvalue weighted by molar-refractivity contribution is 9.10. The van der Waals surface area contributed by atoms with Crippen LogP contribution < -0.4 is 10.6 Å². The minimum absolute atomic E-state index is 0.138. The summed E-state index contributed by atoms with van der Waals surface area (Å²) in [6.07, 6.45) is 0.966. The van der Waals surface area contributed by atoms with Gasteiger partial charge in [-0.3, -0.25) is 0 Å². The fraction of sp³-hybridized carbons (Fsp3) is 0.294.